The summed E-state index contributed by atoms with van der Waals surface area (Å²) in [7, 11) is 0. The number of hydrogen-bond donors (Lipinski definition) is 0. The molecule has 0 aliphatic carbocycles. The first kappa shape index (κ1) is 16.0. The first-order valence-electron chi connectivity index (χ1n) is 8.15. The zero-order valence-electron chi connectivity index (χ0n) is 13.9. The van der Waals surface area contributed by atoms with Gasteiger partial charge in [0.05, 0.1) is 6.54 Å². The molecule has 0 spiro atoms. The van der Waals surface area contributed by atoms with Gasteiger partial charge in [0.15, 0.2) is 16.7 Å². The summed E-state index contributed by atoms with van der Waals surface area (Å²) < 4.78 is 10.7. The lowest BCUT2D eigenvalue weighted by molar-refractivity contribution is 0.0860. The highest BCUT2D eigenvalue weighted by Crippen LogP contribution is 2.33. The van der Waals surface area contributed by atoms with Gasteiger partial charge in [-0.3, -0.25) is 14.7 Å². The van der Waals surface area contributed by atoms with Gasteiger partial charge < -0.3 is 9.47 Å². The summed E-state index contributed by atoms with van der Waals surface area (Å²) >= 11 is 1.61. The lowest BCUT2D eigenvalue weighted by Gasteiger charge is -2.18. The summed E-state index contributed by atoms with van der Waals surface area (Å²) in [6.07, 6.45) is 0. The topological polar surface area (TPSA) is 51.1 Å². The molecule has 0 bridgehead atoms. The molecular formula is C19H18N2O3S. The van der Waals surface area contributed by atoms with E-state index in [1.54, 1.807) is 34.9 Å². The average Bonchev–Trinajstić information content (AvgIpc) is 3.28. The van der Waals surface area contributed by atoms with Crippen molar-refractivity contribution in [2.45, 2.75) is 12.7 Å². The van der Waals surface area contributed by atoms with Gasteiger partial charge in [-0.2, -0.15) is 0 Å². The summed E-state index contributed by atoms with van der Waals surface area (Å²) in [6.45, 7) is 3.56. The predicted molar refractivity (Wildman–Crippen MR) is 98.4 cm³/mol. The Labute approximate surface area is 150 Å². The minimum atomic E-state index is -0.0492. The quantitative estimate of drug-likeness (QED) is 0.847. The maximum atomic E-state index is 12.9. The molecule has 2 aromatic rings. The van der Waals surface area contributed by atoms with E-state index in [1.165, 1.54) is 11.1 Å². The number of carbonyl (C=O) groups is 1. The summed E-state index contributed by atoms with van der Waals surface area (Å²) in [6, 6.07) is 13.6. The van der Waals surface area contributed by atoms with Crippen molar-refractivity contribution in [2.24, 2.45) is 4.99 Å². The fraction of sp³-hybridized carbons (Fsp3) is 0.263. The molecule has 0 radical (unpaired) electrons. The molecule has 0 aromatic heterocycles. The van der Waals surface area contributed by atoms with Crippen molar-refractivity contribution >= 4 is 22.8 Å². The number of aliphatic imine (C=N–C) groups is 1. The molecule has 2 heterocycles. The van der Waals surface area contributed by atoms with E-state index in [1.807, 2.05) is 12.1 Å². The number of aryl methyl sites for hydroxylation is 1. The zero-order chi connectivity index (χ0) is 17.2. The van der Waals surface area contributed by atoms with Crippen molar-refractivity contribution in [3.8, 4) is 11.5 Å². The van der Waals surface area contributed by atoms with E-state index in [-0.39, 0.29) is 12.7 Å². The smallest absolute Gasteiger partial charge is 0.260 e. The Morgan fingerprint density at radius 2 is 2.04 bits per heavy atom. The van der Waals surface area contributed by atoms with E-state index >= 15 is 0 Å². The molecule has 1 amide bonds. The van der Waals surface area contributed by atoms with Crippen LogP contribution in [0.4, 0.5) is 0 Å². The van der Waals surface area contributed by atoms with Crippen LogP contribution in [0.15, 0.2) is 47.5 Å². The van der Waals surface area contributed by atoms with Crippen LogP contribution < -0.4 is 9.47 Å². The van der Waals surface area contributed by atoms with Crippen LogP contribution in [0, 0.1) is 6.92 Å². The van der Waals surface area contributed by atoms with Crippen LogP contribution in [0.5, 0.6) is 11.5 Å². The zero-order valence-corrected chi connectivity index (χ0v) is 14.7. The van der Waals surface area contributed by atoms with E-state index in [9.17, 15) is 4.79 Å². The maximum absolute atomic E-state index is 12.9. The summed E-state index contributed by atoms with van der Waals surface area (Å²) in [5, 5.41) is 0.783. The monoisotopic (exact) mass is 354 g/mol. The van der Waals surface area contributed by atoms with Crippen LogP contribution in [0.25, 0.3) is 0 Å². The Morgan fingerprint density at radius 3 is 2.92 bits per heavy atom. The van der Waals surface area contributed by atoms with Crippen LogP contribution in [0.1, 0.15) is 21.5 Å². The normalized spacial score (nSPS) is 15.4. The molecule has 128 valence electrons. The molecule has 0 unspecified atom stereocenters. The first-order chi connectivity index (χ1) is 12.2. The number of nitrogens with zero attached hydrogens (tertiary/aromatic N) is 2. The van der Waals surface area contributed by atoms with Crippen molar-refractivity contribution in [3.63, 3.8) is 0 Å². The molecule has 6 heteroatoms. The molecule has 5 nitrogen and oxygen atoms in total. The minimum absolute atomic E-state index is 0.0492. The number of thioether (sulfide) groups is 1. The fourth-order valence-corrected chi connectivity index (χ4v) is 3.96. The second kappa shape index (κ2) is 6.80. The number of fused-ring (bicyclic) bond motifs is 1. The number of amides is 1. The van der Waals surface area contributed by atoms with Crippen LogP contribution in [-0.4, -0.2) is 35.9 Å². The van der Waals surface area contributed by atoms with Crippen molar-refractivity contribution in [2.75, 3.05) is 19.9 Å². The van der Waals surface area contributed by atoms with Crippen LogP contribution in [-0.2, 0) is 5.75 Å². The number of rotatable bonds is 3. The molecule has 0 atom stereocenters. The predicted octanol–water partition coefficient (Wildman–Crippen LogP) is 3.47. The third-order valence-electron chi connectivity index (χ3n) is 4.28. The lowest BCUT2D eigenvalue weighted by Crippen LogP contribution is -2.32. The van der Waals surface area contributed by atoms with Crippen molar-refractivity contribution in [3.05, 3.63) is 59.2 Å². The lowest BCUT2D eigenvalue weighted by atomic mass is 10.1. The van der Waals surface area contributed by atoms with Crippen molar-refractivity contribution < 1.29 is 14.3 Å². The molecule has 0 saturated heterocycles. The van der Waals surface area contributed by atoms with E-state index in [4.69, 9.17) is 9.47 Å². The van der Waals surface area contributed by atoms with Gasteiger partial charge in [0.25, 0.3) is 5.91 Å². The van der Waals surface area contributed by atoms with Gasteiger partial charge in [0, 0.05) is 17.9 Å². The molecule has 25 heavy (non-hydrogen) atoms. The number of benzene rings is 2. The van der Waals surface area contributed by atoms with E-state index in [0.717, 1.165) is 10.9 Å². The SMILES string of the molecule is Cc1ccccc1CSC1=NCCN1C(=O)c1ccc2c(c1)OCO2. The van der Waals surface area contributed by atoms with Crippen molar-refractivity contribution in [1.82, 2.24) is 4.90 Å². The van der Waals surface area contributed by atoms with Gasteiger partial charge in [-0.1, -0.05) is 36.0 Å². The van der Waals surface area contributed by atoms with E-state index in [0.29, 0.717) is 30.2 Å². The molecule has 0 fully saturated rings. The van der Waals surface area contributed by atoms with Crippen LogP contribution in [0.3, 0.4) is 0 Å². The Hall–Kier alpha value is -2.47. The summed E-state index contributed by atoms with van der Waals surface area (Å²) in [5.41, 5.74) is 3.11. The molecule has 2 aliphatic rings. The summed E-state index contributed by atoms with van der Waals surface area (Å²) in [5.74, 6) is 2.06. The number of amidine groups is 1. The third kappa shape index (κ3) is 3.22. The molecule has 2 aromatic carbocycles. The Bertz CT molecular complexity index is 850. The van der Waals surface area contributed by atoms with Crippen LogP contribution >= 0.6 is 11.8 Å². The molecule has 0 saturated carbocycles. The third-order valence-corrected chi connectivity index (χ3v) is 5.35. The highest BCUT2D eigenvalue weighted by atomic mass is 32.2. The largest absolute Gasteiger partial charge is 0.454 e. The minimum Gasteiger partial charge on any atom is -0.454 e. The van der Waals surface area contributed by atoms with Crippen LogP contribution in [0.2, 0.25) is 0 Å². The van der Waals surface area contributed by atoms with Gasteiger partial charge in [-0.25, -0.2) is 0 Å². The summed E-state index contributed by atoms with van der Waals surface area (Å²) in [4.78, 5) is 19.1. The highest BCUT2D eigenvalue weighted by molar-refractivity contribution is 8.13. The number of carbonyl (C=O) groups excluding carboxylic acids is 1. The van der Waals surface area contributed by atoms with Gasteiger partial charge in [0.2, 0.25) is 6.79 Å². The molecular weight excluding hydrogens is 336 g/mol. The van der Waals surface area contributed by atoms with Gasteiger partial charge in [0.1, 0.15) is 0 Å². The fourth-order valence-electron chi connectivity index (χ4n) is 2.84. The maximum Gasteiger partial charge on any atom is 0.260 e. The Kier molecular flexibility index (Phi) is 4.36. The Balaban J connectivity index is 1.47. The molecule has 0 N–H and O–H groups in total. The number of hydrogen-bond acceptors (Lipinski definition) is 5. The standard InChI is InChI=1S/C19H18N2O3S/c1-13-4-2-3-5-15(13)11-25-19-20-8-9-21(19)18(22)14-6-7-16-17(10-14)24-12-23-16/h2-7,10H,8-9,11-12H2,1H3. The van der Waals surface area contributed by atoms with E-state index < -0.39 is 0 Å². The molecule has 4 rings (SSSR count). The average molecular weight is 354 g/mol. The van der Waals surface area contributed by atoms with Gasteiger partial charge >= 0.3 is 0 Å². The van der Waals surface area contributed by atoms with Crippen molar-refractivity contribution in [1.29, 1.82) is 0 Å². The Morgan fingerprint density at radius 1 is 1.20 bits per heavy atom. The molecule has 2 aliphatic heterocycles. The van der Waals surface area contributed by atoms with Gasteiger partial charge in [-0.05, 0) is 36.2 Å². The number of ether oxygens (including phenoxy) is 2. The second-order valence-electron chi connectivity index (χ2n) is 5.90. The highest BCUT2D eigenvalue weighted by Gasteiger charge is 2.26. The second-order valence-corrected chi connectivity index (χ2v) is 6.85. The van der Waals surface area contributed by atoms with E-state index in [2.05, 4.69) is 24.0 Å². The first-order valence-corrected chi connectivity index (χ1v) is 9.14. The van der Waals surface area contributed by atoms with Gasteiger partial charge in [-0.15, -0.1) is 0 Å².